The molecule has 1 N–H and O–H groups in total. The average Bonchev–Trinajstić information content (AvgIpc) is 2.54. The molecule has 4 nitrogen and oxygen atoms in total. The molecule has 13 heavy (non-hydrogen) atoms. The van der Waals surface area contributed by atoms with Gasteiger partial charge in [0, 0.05) is 18.8 Å². The van der Waals surface area contributed by atoms with E-state index in [4.69, 9.17) is 4.74 Å². The highest BCUT2D eigenvalue weighted by molar-refractivity contribution is 9.10. The van der Waals surface area contributed by atoms with Gasteiger partial charge in [0.1, 0.15) is 5.60 Å². The van der Waals surface area contributed by atoms with Gasteiger partial charge in [-0.15, -0.1) is 0 Å². The second-order valence-electron chi connectivity index (χ2n) is 3.06. The van der Waals surface area contributed by atoms with E-state index in [0.29, 0.717) is 18.9 Å². The van der Waals surface area contributed by atoms with E-state index < -0.39 is 5.60 Å². The molecule has 1 aliphatic rings. The van der Waals surface area contributed by atoms with Gasteiger partial charge in [0.15, 0.2) is 5.82 Å². The second kappa shape index (κ2) is 3.32. The molecule has 0 radical (unpaired) electrons. The number of halogens is 1. The molecule has 0 aromatic carbocycles. The Bertz CT molecular complexity index is 296. The predicted molar refractivity (Wildman–Crippen MR) is 49.1 cm³/mol. The first-order valence-electron chi connectivity index (χ1n) is 3.99. The lowest BCUT2D eigenvalue weighted by Gasteiger charge is -2.17. The van der Waals surface area contributed by atoms with Crippen LogP contribution in [0.25, 0.3) is 0 Å². The molecule has 0 spiro atoms. The normalized spacial score (nSPS) is 27.8. The standard InChI is InChI=1S/C8H9BrN2O2/c9-6-3-10-7(11-4-6)8(12)1-2-13-5-8/h3-4,12H,1-2,5H2/t8-/m1/s1. The van der Waals surface area contributed by atoms with E-state index in [9.17, 15) is 5.11 Å². The lowest BCUT2D eigenvalue weighted by molar-refractivity contribution is 0.0153. The molecule has 0 saturated carbocycles. The molecule has 70 valence electrons. The molecule has 5 heteroatoms. The molecular weight excluding hydrogens is 236 g/mol. The molecule has 1 fully saturated rings. The van der Waals surface area contributed by atoms with E-state index in [1.807, 2.05) is 0 Å². The largest absolute Gasteiger partial charge is 0.379 e. The predicted octanol–water partition coefficient (Wildman–Crippen LogP) is 0.847. The summed E-state index contributed by atoms with van der Waals surface area (Å²) in [5.41, 5.74) is -0.985. The Morgan fingerprint density at radius 1 is 1.46 bits per heavy atom. The summed E-state index contributed by atoms with van der Waals surface area (Å²) in [6, 6.07) is 0. The number of hydrogen-bond donors (Lipinski definition) is 1. The van der Waals surface area contributed by atoms with Gasteiger partial charge in [-0.25, -0.2) is 9.97 Å². The van der Waals surface area contributed by atoms with Crippen LogP contribution in [-0.4, -0.2) is 28.3 Å². The number of ether oxygens (including phenoxy) is 1. The molecule has 0 aliphatic carbocycles. The number of aromatic nitrogens is 2. The fourth-order valence-electron chi connectivity index (χ4n) is 1.28. The summed E-state index contributed by atoms with van der Waals surface area (Å²) >= 11 is 3.23. The molecule has 2 rings (SSSR count). The summed E-state index contributed by atoms with van der Waals surface area (Å²) < 4.78 is 5.91. The lowest BCUT2D eigenvalue weighted by Crippen LogP contribution is -2.28. The Hall–Kier alpha value is -0.520. The van der Waals surface area contributed by atoms with E-state index in [2.05, 4.69) is 25.9 Å². The minimum Gasteiger partial charge on any atom is -0.379 e. The first kappa shape index (κ1) is 9.05. The van der Waals surface area contributed by atoms with E-state index in [0.717, 1.165) is 4.47 Å². The smallest absolute Gasteiger partial charge is 0.162 e. The third-order valence-corrected chi connectivity index (χ3v) is 2.45. The van der Waals surface area contributed by atoms with E-state index in [-0.39, 0.29) is 6.61 Å². The average molecular weight is 245 g/mol. The zero-order chi connectivity index (χ0) is 9.31. The number of rotatable bonds is 1. The Morgan fingerprint density at radius 2 is 2.15 bits per heavy atom. The summed E-state index contributed by atoms with van der Waals surface area (Å²) in [6.07, 6.45) is 3.81. The number of nitrogens with zero attached hydrogens (tertiary/aromatic N) is 2. The monoisotopic (exact) mass is 244 g/mol. The molecule has 0 bridgehead atoms. The fraction of sp³-hybridized carbons (Fsp3) is 0.500. The molecule has 2 heterocycles. The Balaban J connectivity index is 2.29. The molecule has 1 aliphatic heterocycles. The van der Waals surface area contributed by atoms with Crippen molar-refractivity contribution in [3.8, 4) is 0 Å². The summed E-state index contributed by atoms with van der Waals surface area (Å²) in [4.78, 5) is 8.09. The molecule has 0 amide bonds. The van der Waals surface area contributed by atoms with Crippen molar-refractivity contribution in [3.63, 3.8) is 0 Å². The van der Waals surface area contributed by atoms with Crippen molar-refractivity contribution in [2.45, 2.75) is 12.0 Å². The SMILES string of the molecule is O[C@]1(c2ncc(Br)cn2)CCOC1. The highest BCUT2D eigenvalue weighted by Crippen LogP contribution is 2.27. The first-order valence-corrected chi connectivity index (χ1v) is 4.78. The summed E-state index contributed by atoms with van der Waals surface area (Å²) in [7, 11) is 0. The molecule has 1 aromatic heterocycles. The van der Waals surface area contributed by atoms with Crippen LogP contribution in [-0.2, 0) is 10.3 Å². The van der Waals surface area contributed by atoms with Crippen molar-refractivity contribution in [1.29, 1.82) is 0 Å². The van der Waals surface area contributed by atoms with Crippen LogP contribution in [0.4, 0.5) is 0 Å². The van der Waals surface area contributed by atoms with Gasteiger partial charge in [-0.3, -0.25) is 0 Å². The van der Waals surface area contributed by atoms with Crippen LogP contribution < -0.4 is 0 Å². The first-order chi connectivity index (χ1) is 6.21. The summed E-state index contributed by atoms with van der Waals surface area (Å²) in [5, 5.41) is 9.99. The number of aliphatic hydroxyl groups is 1. The van der Waals surface area contributed by atoms with Crippen molar-refractivity contribution < 1.29 is 9.84 Å². The van der Waals surface area contributed by atoms with Crippen LogP contribution in [0.2, 0.25) is 0 Å². The van der Waals surface area contributed by atoms with Gasteiger partial charge in [-0.05, 0) is 15.9 Å². The third kappa shape index (κ3) is 1.72. The molecule has 1 saturated heterocycles. The van der Waals surface area contributed by atoms with Crippen LogP contribution in [0, 0.1) is 0 Å². The van der Waals surface area contributed by atoms with Gasteiger partial charge in [0.25, 0.3) is 0 Å². The van der Waals surface area contributed by atoms with Crippen LogP contribution >= 0.6 is 15.9 Å². The molecule has 1 atom stereocenters. The maximum absolute atomic E-state index is 9.99. The third-order valence-electron chi connectivity index (χ3n) is 2.04. The van der Waals surface area contributed by atoms with Crippen molar-refractivity contribution >= 4 is 15.9 Å². The van der Waals surface area contributed by atoms with Crippen LogP contribution in [0.5, 0.6) is 0 Å². The highest BCUT2D eigenvalue weighted by Gasteiger charge is 2.36. The van der Waals surface area contributed by atoms with Gasteiger partial charge >= 0.3 is 0 Å². The van der Waals surface area contributed by atoms with Gasteiger partial charge in [0.05, 0.1) is 17.7 Å². The fourth-order valence-corrected chi connectivity index (χ4v) is 1.49. The summed E-state index contributed by atoms with van der Waals surface area (Å²) in [6.45, 7) is 0.852. The van der Waals surface area contributed by atoms with Crippen molar-refractivity contribution in [2.24, 2.45) is 0 Å². The maximum Gasteiger partial charge on any atom is 0.162 e. The van der Waals surface area contributed by atoms with Crippen LogP contribution in [0.3, 0.4) is 0 Å². The minimum absolute atomic E-state index is 0.286. The van der Waals surface area contributed by atoms with Gasteiger partial charge in [0.2, 0.25) is 0 Å². The van der Waals surface area contributed by atoms with Gasteiger partial charge < -0.3 is 9.84 Å². The quantitative estimate of drug-likeness (QED) is 0.796. The Morgan fingerprint density at radius 3 is 2.69 bits per heavy atom. The van der Waals surface area contributed by atoms with Gasteiger partial charge in [-0.1, -0.05) is 0 Å². The second-order valence-corrected chi connectivity index (χ2v) is 3.97. The Labute approximate surface area is 84.1 Å². The molecule has 1 aromatic rings. The molecular formula is C8H9BrN2O2. The Kier molecular flexibility index (Phi) is 2.31. The van der Waals surface area contributed by atoms with Crippen molar-refractivity contribution in [3.05, 3.63) is 22.7 Å². The van der Waals surface area contributed by atoms with Crippen LogP contribution in [0.1, 0.15) is 12.2 Å². The topological polar surface area (TPSA) is 55.2 Å². The van der Waals surface area contributed by atoms with Gasteiger partial charge in [-0.2, -0.15) is 0 Å². The summed E-state index contributed by atoms with van der Waals surface area (Å²) in [5.74, 6) is 0.438. The van der Waals surface area contributed by atoms with Crippen molar-refractivity contribution in [1.82, 2.24) is 9.97 Å². The van der Waals surface area contributed by atoms with E-state index in [1.54, 1.807) is 12.4 Å². The number of hydrogen-bond acceptors (Lipinski definition) is 4. The highest BCUT2D eigenvalue weighted by atomic mass is 79.9. The molecule has 0 unspecified atom stereocenters. The van der Waals surface area contributed by atoms with E-state index >= 15 is 0 Å². The van der Waals surface area contributed by atoms with Crippen LogP contribution in [0.15, 0.2) is 16.9 Å². The zero-order valence-electron chi connectivity index (χ0n) is 6.90. The lowest BCUT2D eigenvalue weighted by atomic mass is 10.0. The minimum atomic E-state index is -0.985. The zero-order valence-corrected chi connectivity index (χ0v) is 8.49. The van der Waals surface area contributed by atoms with E-state index in [1.165, 1.54) is 0 Å². The maximum atomic E-state index is 9.99. The van der Waals surface area contributed by atoms with Crippen molar-refractivity contribution in [2.75, 3.05) is 13.2 Å².